The second-order valence-electron chi connectivity index (χ2n) is 8.48. The lowest BCUT2D eigenvalue weighted by Crippen LogP contribution is -2.10. The number of aryl methyl sites for hydroxylation is 5. The average molecular weight is 389 g/mol. The summed E-state index contributed by atoms with van der Waals surface area (Å²) in [5.74, 6) is 0. The number of benzene rings is 1. The Morgan fingerprint density at radius 1 is 0.931 bits per heavy atom. The second kappa shape index (κ2) is 7.33. The molecule has 0 fully saturated rings. The van der Waals surface area contributed by atoms with Crippen LogP contribution in [0.1, 0.15) is 67.2 Å². The van der Waals surface area contributed by atoms with Crippen LogP contribution in [0.4, 0.5) is 0 Å². The minimum Gasteiger partial charge on any atom is -0.329 e. The molecule has 4 aromatic rings. The van der Waals surface area contributed by atoms with Crippen LogP contribution in [-0.4, -0.2) is 19.2 Å². The van der Waals surface area contributed by atoms with E-state index in [1.165, 1.54) is 51.7 Å². The molecule has 4 heteroatoms. The SMILES string of the molecule is CCCC(CC)n1ccc2c(C)nc3c(-c4c(C)cc(C)cc4C)c(C)nn3c21. The largest absolute Gasteiger partial charge is 0.329 e. The Bertz CT molecular complexity index is 1190. The first-order chi connectivity index (χ1) is 13.9. The molecule has 1 unspecified atom stereocenters. The van der Waals surface area contributed by atoms with Gasteiger partial charge in [0, 0.05) is 17.6 Å². The van der Waals surface area contributed by atoms with E-state index in [0.29, 0.717) is 6.04 Å². The van der Waals surface area contributed by atoms with Crippen LogP contribution in [0, 0.1) is 34.6 Å². The van der Waals surface area contributed by atoms with E-state index in [1.807, 2.05) is 0 Å². The van der Waals surface area contributed by atoms with Crippen LogP contribution in [0.2, 0.25) is 0 Å². The van der Waals surface area contributed by atoms with Crippen molar-refractivity contribution in [1.29, 1.82) is 0 Å². The van der Waals surface area contributed by atoms with Gasteiger partial charge in [-0.05, 0) is 70.2 Å². The molecule has 0 aliphatic heterocycles. The van der Waals surface area contributed by atoms with Crippen LogP contribution in [-0.2, 0) is 0 Å². The summed E-state index contributed by atoms with van der Waals surface area (Å²) in [4.78, 5) is 5.04. The molecule has 29 heavy (non-hydrogen) atoms. The third-order valence-corrected chi connectivity index (χ3v) is 6.20. The molecule has 3 heterocycles. The Labute approximate surface area is 173 Å². The minimum absolute atomic E-state index is 0.485. The van der Waals surface area contributed by atoms with E-state index in [4.69, 9.17) is 10.1 Å². The third-order valence-electron chi connectivity index (χ3n) is 6.20. The molecule has 0 bridgehead atoms. The van der Waals surface area contributed by atoms with Crippen molar-refractivity contribution in [3.63, 3.8) is 0 Å². The maximum absolute atomic E-state index is 5.04. The van der Waals surface area contributed by atoms with Crippen LogP contribution < -0.4 is 0 Å². The van der Waals surface area contributed by atoms with Crippen molar-refractivity contribution in [2.75, 3.05) is 0 Å². The fraction of sp³-hybridized carbons (Fsp3) is 0.440. The number of fused-ring (bicyclic) bond motifs is 3. The van der Waals surface area contributed by atoms with Gasteiger partial charge < -0.3 is 4.57 Å². The molecule has 0 amide bonds. The number of hydrogen-bond donors (Lipinski definition) is 0. The zero-order valence-electron chi connectivity index (χ0n) is 18.8. The molecular formula is C25H32N4. The van der Waals surface area contributed by atoms with E-state index < -0.39 is 0 Å². The maximum Gasteiger partial charge on any atom is 0.165 e. The normalized spacial score (nSPS) is 12.9. The molecule has 0 saturated carbocycles. The molecule has 0 aliphatic carbocycles. The summed E-state index contributed by atoms with van der Waals surface area (Å²) in [5.41, 5.74) is 10.6. The Kier molecular flexibility index (Phi) is 4.97. The molecule has 0 N–H and O–H groups in total. The highest BCUT2D eigenvalue weighted by Gasteiger charge is 2.22. The van der Waals surface area contributed by atoms with Gasteiger partial charge in [-0.3, -0.25) is 0 Å². The number of rotatable bonds is 5. The standard InChI is InChI=1S/C25H32N4/c1-8-10-20(9-2)28-12-11-21-18(6)26-24-23(19(7)27-29(24)25(21)28)22-16(4)13-15(3)14-17(22)5/h11-14,20H,8-10H2,1-7H3. The van der Waals surface area contributed by atoms with Gasteiger partial charge in [0.15, 0.2) is 5.65 Å². The van der Waals surface area contributed by atoms with Crippen molar-refractivity contribution >= 4 is 16.7 Å². The van der Waals surface area contributed by atoms with Gasteiger partial charge in [0.2, 0.25) is 0 Å². The Morgan fingerprint density at radius 2 is 1.62 bits per heavy atom. The van der Waals surface area contributed by atoms with Crippen molar-refractivity contribution in [2.24, 2.45) is 0 Å². The summed E-state index contributed by atoms with van der Waals surface area (Å²) in [7, 11) is 0. The van der Waals surface area contributed by atoms with Crippen molar-refractivity contribution in [1.82, 2.24) is 19.2 Å². The quantitative estimate of drug-likeness (QED) is 0.384. The van der Waals surface area contributed by atoms with Crippen LogP contribution >= 0.6 is 0 Å². The van der Waals surface area contributed by atoms with Crippen LogP contribution in [0.15, 0.2) is 24.4 Å². The van der Waals surface area contributed by atoms with E-state index in [-0.39, 0.29) is 0 Å². The first-order valence-electron chi connectivity index (χ1n) is 10.8. The predicted molar refractivity (Wildman–Crippen MR) is 122 cm³/mol. The molecule has 4 nitrogen and oxygen atoms in total. The molecular weight excluding hydrogens is 356 g/mol. The zero-order valence-corrected chi connectivity index (χ0v) is 18.8. The van der Waals surface area contributed by atoms with Gasteiger partial charge in [0.25, 0.3) is 0 Å². The molecule has 3 aromatic heterocycles. The van der Waals surface area contributed by atoms with Crippen LogP contribution in [0.3, 0.4) is 0 Å². The molecule has 0 saturated heterocycles. The van der Waals surface area contributed by atoms with Gasteiger partial charge in [0.05, 0.1) is 17.0 Å². The highest BCUT2D eigenvalue weighted by molar-refractivity contribution is 5.89. The first-order valence-corrected chi connectivity index (χ1v) is 10.8. The van der Waals surface area contributed by atoms with Gasteiger partial charge in [-0.1, -0.05) is 38.0 Å². The van der Waals surface area contributed by atoms with Crippen LogP contribution in [0.5, 0.6) is 0 Å². The van der Waals surface area contributed by atoms with E-state index in [1.54, 1.807) is 0 Å². The van der Waals surface area contributed by atoms with Gasteiger partial charge in [-0.25, -0.2) is 4.98 Å². The predicted octanol–water partition coefficient (Wildman–Crippen LogP) is 6.64. The molecule has 0 radical (unpaired) electrons. The van der Waals surface area contributed by atoms with E-state index in [0.717, 1.165) is 23.5 Å². The molecule has 1 aromatic carbocycles. The second-order valence-corrected chi connectivity index (χ2v) is 8.48. The van der Waals surface area contributed by atoms with E-state index in [2.05, 4.69) is 81.9 Å². The average Bonchev–Trinajstić information content (AvgIpc) is 3.22. The van der Waals surface area contributed by atoms with E-state index in [9.17, 15) is 0 Å². The lowest BCUT2D eigenvalue weighted by Gasteiger charge is -2.18. The fourth-order valence-corrected chi connectivity index (χ4v) is 4.96. The van der Waals surface area contributed by atoms with Gasteiger partial charge >= 0.3 is 0 Å². The molecule has 1 atom stereocenters. The van der Waals surface area contributed by atoms with Crippen molar-refractivity contribution < 1.29 is 0 Å². The summed E-state index contributed by atoms with van der Waals surface area (Å²) < 4.78 is 4.51. The fourth-order valence-electron chi connectivity index (χ4n) is 4.96. The Hall–Kier alpha value is -2.62. The lowest BCUT2D eigenvalue weighted by atomic mass is 9.94. The van der Waals surface area contributed by atoms with Gasteiger partial charge in [-0.15, -0.1) is 0 Å². The lowest BCUT2D eigenvalue weighted by molar-refractivity contribution is 0.456. The maximum atomic E-state index is 5.04. The summed E-state index contributed by atoms with van der Waals surface area (Å²) >= 11 is 0. The summed E-state index contributed by atoms with van der Waals surface area (Å²) in [6, 6.07) is 7.20. The zero-order chi connectivity index (χ0) is 20.9. The molecule has 4 rings (SSSR count). The number of nitrogens with zero attached hydrogens (tertiary/aromatic N) is 4. The van der Waals surface area contributed by atoms with E-state index >= 15 is 0 Å². The van der Waals surface area contributed by atoms with Gasteiger partial charge in [0.1, 0.15) is 5.65 Å². The van der Waals surface area contributed by atoms with Gasteiger partial charge in [-0.2, -0.15) is 9.61 Å². The smallest absolute Gasteiger partial charge is 0.165 e. The van der Waals surface area contributed by atoms with Crippen molar-refractivity contribution in [3.8, 4) is 11.1 Å². The molecule has 152 valence electrons. The summed E-state index contributed by atoms with van der Waals surface area (Å²) in [6.45, 7) is 15.3. The summed E-state index contributed by atoms with van der Waals surface area (Å²) in [6.07, 6.45) is 5.69. The Morgan fingerprint density at radius 3 is 2.24 bits per heavy atom. The first kappa shape index (κ1) is 19.7. The van der Waals surface area contributed by atoms with Crippen LogP contribution in [0.25, 0.3) is 27.8 Å². The Balaban J connectivity index is 2.08. The van der Waals surface area contributed by atoms with Crippen molar-refractivity contribution in [3.05, 3.63) is 52.5 Å². The number of aromatic nitrogens is 4. The third kappa shape index (κ3) is 3.06. The minimum atomic E-state index is 0.485. The van der Waals surface area contributed by atoms with Crippen molar-refractivity contribution in [2.45, 2.75) is 73.8 Å². The summed E-state index contributed by atoms with van der Waals surface area (Å²) in [5, 5.41) is 6.20. The topological polar surface area (TPSA) is 35.1 Å². The highest BCUT2D eigenvalue weighted by Crippen LogP contribution is 2.36. The molecule has 0 spiro atoms. The monoisotopic (exact) mass is 388 g/mol. The molecule has 0 aliphatic rings. The number of hydrogen-bond acceptors (Lipinski definition) is 2. The highest BCUT2D eigenvalue weighted by atomic mass is 15.3.